The number of halogens is 3. The molecular formula is C14H14Cl2FN3O. The van der Waals surface area contributed by atoms with Crippen LogP contribution in [0.3, 0.4) is 0 Å². The Bertz CT molecular complexity index is 714. The number of amides is 1. The molecule has 1 N–H and O–H groups in total. The topological polar surface area (TPSA) is 46.9 Å². The molecule has 0 radical (unpaired) electrons. The van der Waals surface area contributed by atoms with E-state index in [0.717, 1.165) is 6.42 Å². The molecule has 2 atom stereocenters. The molecule has 0 aliphatic carbocycles. The van der Waals surface area contributed by atoms with Crippen molar-refractivity contribution in [2.75, 3.05) is 6.54 Å². The fourth-order valence-corrected chi connectivity index (χ4v) is 3.03. The average Bonchev–Trinajstić information content (AvgIpc) is 2.78. The van der Waals surface area contributed by atoms with Gasteiger partial charge in [0.25, 0.3) is 0 Å². The van der Waals surface area contributed by atoms with Gasteiger partial charge in [0.1, 0.15) is 17.7 Å². The van der Waals surface area contributed by atoms with Gasteiger partial charge in [-0.15, -0.1) is 11.6 Å². The van der Waals surface area contributed by atoms with Crippen molar-refractivity contribution in [1.82, 2.24) is 14.9 Å². The van der Waals surface area contributed by atoms with Crippen molar-refractivity contribution in [3.63, 3.8) is 0 Å². The number of carbonyl (C=O) groups is 1. The number of benzene rings is 1. The highest BCUT2D eigenvalue weighted by molar-refractivity contribution is 6.31. The molecule has 1 aliphatic heterocycles. The van der Waals surface area contributed by atoms with Gasteiger partial charge in [-0.1, -0.05) is 11.6 Å². The van der Waals surface area contributed by atoms with Crippen LogP contribution in [0.25, 0.3) is 11.0 Å². The molecule has 21 heavy (non-hydrogen) atoms. The zero-order chi connectivity index (χ0) is 15.1. The van der Waals surface area contributed by atoms with Gasteiger partial charge < -0.3 is 9.88 Å². The monoisotopic (exact) mass is 329 g/mol. The van der Waals surface area contributed by atoms with E-state index in [9.17, 15) is 9.18 Å². The van der Waals surface area contributed by atoms with E-state index in [4.69, 9.17) is 23.2 Å². The van der Waals surface area contributed by atoms with Crippen LogP contribution in [0.15, 0.2) is 12.1 Å². The molecule has 0 saturated carbocycles. The highest BCUT2D eigenvalue weighted by Gasteiger charge is 2.29. The average molecular weight is 330 g/mol. The highest BCUT2D eigenvalue weighted by atomic mass is 35.5. The third-order valence-electron chi connectivity index (χ3n) is 3.68. The second-order valence-corrected chi connectivity index (χ2v) is 6.22. The first-order chi connectivity index (χ1) is 9.99. The molecule has 1 saturated heterocycles. The number of carbonyl (C=O) groups excluding carboxylic acids is 1. The third kappa shape index (κ3) is 2.49. The number of rotatable bonds is 2. The second kappa shape index (κ2) is 5.46. The van der Waals surface area contributed by atoms with Gasteiger partial charge in [-0.3, -0.25) is 4.79 Å². The maximum absolute atomic E-state index is 13.8. The first-order valence-corrected chi connectivity index (χ1v) is 7.59. The summed E-state index contributed by atoms with van der Waals surface area (Å²) in [5.41, 5.74) is 1.09. The van der Waals surface area contributed by atoms with Crippen molar-refractivity contribution in [2.24, 2.45) is 0 Å². The van der Waals surface area contributed by atoms with Crippen LogP contribution in [0.1, 0.15) is 37.0 Å². The van der Waals surface area contributed by atoms with E-state index in [1.54, 1.807) is 11.5 Å². The first kappa shape index (κ1) is 14.6. The van der Waals surface area contributed by atoms with Crippen molar-refractivity contribution < 1.29 is 9.18 Å². The predicted molar refractivity (Wildman–Crippen MR) is 80.2 cm³/mol. The van der Waals surface area contributed by atoms with Crippen LogP contribution in [-0.4, -0.2) is 22.0 Å². The summed E-state index contributed by atoms with van der Waals surface area (Å²) in [4.78, 5) is 16.6. The molecule has 2 aromatic rings. The molecule has 1 aromatic heterocycles. The Kier molecular flexibility index (Phi) is 3.80. The standard InChI is InChI=1S/C14H14Cl2FN3O/c1-7(15)13-19-10-5-8(16)9(17)6-12(10)20(13)11-3-2-4-18-14(11)21/h5-7,11H,2-4H2,1H3,(H,18,21). The van der Waals surface area contributed by atoms with E-state index in [0.29, 0.717) is 29.8 Å². The Hall–Kier alpha value is -1.33. The number of hydrogen-bond acceptors (Lipinski definition) is 2. The number of imidazole rings is 1. The predicted octanol–water partition coefficient (Wildman–Crippen LogP) is 3.58. The normalized spacial score (nSPS) is 20.6. The maximum atomic E-state index is 13.8. The highest BCUT2D eigenvalue weighted by Crippen LogP contribution is 2.33. The second-order valence-electron chi connectivity index (χ2n) is 5.16. The van der Waals surface area contributed by atoms with Gasteiger partial charge in [0.15, 0.2) is 0 Å². The fourth-order valence-electron chi connectivity index (χ4n) is 2.72. The van der Waals surface area contributed by atoms with Crippen LogP contribution in [0, 0.1) is 5.82 Å². The number of piperidine rings is 1. The number of nitrogens with zero attached hydrogens (tertiary/aromatic N) is 2. The van der Waals surface area contributed by atoms with Gasteiger partial charge in [0.05, 0.1) is 21.4 Å². The van der Waals surface area contributed by atoms with Crippen LogP contribution in [0.2, 0.25) is 5.02 Å². The van der Waals surface area contributed by atoms with Crippen molar-refractivity contribution in [2.45, 2.75) is 31.2 Å². The summed E-state index contributed by atoms with van der Waals surface area (Å²) >= 11 is 12.0. The number of fused-ring (bicyclic) bond motifs is 1. The van der Waals surface area contributed by atoms with Gasteiger partial charge in [0, 0.05) is 12.6 Å². The van der Waals surface area contributed by atoms with Crippen LogP contribution < -0.4 is 5.32 Å². The quantitative estimate of drug-likeness (QED) is 0.856. The Morgan fingerprint density at radius 2 is 2.29 bits per heavy atom. The summed E-state index contributed by atoms with van der Waals surface area (Å²) in [6, 6.07) is 2.36. The molecule has 1 aliphatic rings. The maximum Gasteiger partial charge on any atom is 0.243 e. The number of aromatic nitrogens is 2. The van der Waals surface area contributed by atoms with Crippen LogP contribution >= 0.6 is 23.2 Å². The van der Waals surface area contributed by atoms with Gasteiger partial charge in [-0.05, 0) is 25.8 Å². The summed E-state index contributed by atoms with van der Waals surface area (Å²) in [5, 5.41) is 2.44. The molecule has 0 bridgehead atoms. The SMILES string of the molecule is CC(Cl)c1nc2cc(Cl)c(F)cc2n1C1CCCNC1=O. The molecule has 2 heterocycles. The van der Waals surface area contributed by atoms with E-state index in [1.807, 2.05) is 0 Å². The lowest BCUT2D eigenvalue weighted by molar-refractivity contribution is -0.125. The van der Waals surface area contributed by atoms with Gasteiger partial charge in [-0.2, -0.15) is 0 Å². The molecule has 1 aromatic carbocycles. The summed E-state index contributed by atoms with van der Waals surface area (Å²) in [6.45, 7) is 2.44. The van der Waals surface area contributed by atoms with E-state index in [1.165, 1.54) is 12.1 Å². The van der Waals surface area contributed by atoms with Crippen molar-refractivity contribution in [3.8, 4) is 0 Å². The van der Waals surface area contributed by atoms with Gasteiger partial charge >= 0.3 is 0 Å². The minimum absolute atomic E-state index is 0.00835. The Balaban J connectivity index is 2.24. The molecular weight excluding hydrogens is 316 g/mol. The minimum atomic E-state index is -0.532. The van der Waals surface area contributed by atoms with Crippen LogP contribution in [-0.2, 0) is 4.79 Å². The molecule has 4 nitrogen and oxygen atoms in total. The minimum Gasteiger partial charge on any atom is -0.354 e. The zero-order valence-corrected chi connectivity index (χ0v) is 12.9. The lowest BCUT2D eigenvalue weighted by atomic mass is 10.1. The fraction of sp³-hybridized carbons (Fsp3) is 0.429. The van der Waals surface area contributed by atoms with E-state index in [-0.39, 0.29) is 10.9 Å². The van der Waals surface area contributed by atoms with Crippen LogP contribution in [0.4, 0.5) is 4.39 Å². The van der Waals surface area contributed by atoms with Crippen molar-refractivity contribution in [1.29, 1.82) is 0 Å². The lowest BCUT2D eigenvalue weighted by Crippen LogP contribution is -2.38. The Labute approximate surface area is 131 Å². The van der Waals surface area contributed by atoms with Crippen molar-refractivity contribution >= 4 is 40.1 Å². The summed E-state index contributed by atoms with van der Waals surface area (Å²) < 4.78 is 15.5. The molecule has 1 fully saturated rings. The summed E-state index contributed by atoms with van der Waals surface area (Å²) in [7, 11) is 0. The lowest BCUT2D eigenvalue weighted by Gasteiger charge is -2.25. The largest absolute Gasteiger partial charge is 0.354 e. The van der Waals surface area contributed by atoms with Crippen molar-refractivity contribution in [3.05, 3.63) is 28.8 Å². The Morgan fingerprint density at radius 1 is 1.52 bits per heavy atom. The molecule has 1 amide bonds. The van der Waals surface area contributed by atoms with Gasteiger partial charge in [-0.25, -0.2) is 9.37 Å². The first-order valence-electron chi connectivity index (χ1n) is 6.77. The van der Waals surface area contributed by atoms with Crippen LogP contribution in [0.5, 0.6) is 0 Å². The zero-order valence-electron chi connectivity index (χ0n) is 11.4. The number of alkyl halides is 1. The van der Waals surface area contributed by atoms with E-state index in [2.05, 4.69) is 10.3 Å². The third-order valence-corrected chi connectivity index (χ3v) is 4.17. The smallest absolute Gasteiger partial charge is 0.243 e. The van der Waals surface area contributed by atoms with E-state index >= 15 is 0 Å². The summed E-state index contributed by atoms with van der Waals surface area (Å²) in [5.74, 6) is -0.0693. The number of nitrogens with one attached hydrogen (secondary N) is 1. The molecule has 7 heteroatoms. The molecule has 3 rings (SSSR count). The Morgan fingerprint density at radius 3 is 2.95 bits per heavy atom. The van der Waals surface area contributed by atoms with E-state index < -0.39 is 17.2 Å². The molecule has 0 spiro atoms. The summed E-state index contributed by atoms with van der Waals surface area (Å²) in [6.07, 6.45) is 1.54. The molecule has 112 valence electrons. The number of hydrogen-bond donors (Lipinski definition) is 1. The van der Waals surface area contributed by atoms with Gasteiger partial charge in [0.2, 0.25) is 5.91 Å². The molecule has 2 unspecified atom stereocenters.